The van der Waals surface area contributed by atoms with Crippen molar-refractivity contribution in [3.05, 3.63) is 0 Å². The summed E-state index contributed by atoms with van der Waals surface area (Å²) in [7, 11) is 0. The van der Waals surface area contributed by atoms with E-state index in [4.69, 9.17) is 0 Å². The van der Waals surface area contributed by atoms with Crippen LogP contribution in [-0.2, 0) is 23.9 Å². The Morgan fingerprint density at radius 1 is 1.40 bits per heavy atom. The Morgan fingerprint density at radius 3 is 2.73 bits per heavy atom. The maximum Gasteiger partial charge on any atom is 0.320 e. The second kappa shape index (κ2) is 3.03. The van der Waals surface area contributed by atoms with Gasteiger partial charge in [-0.1, -0.05) is 0 Å². The summed E-state index contributed by atoms with van der Waals surface area (Å²) in [6, 6.07) is 0. The van der Waals surface area contributed by atoms with Gasteiger partial charge in [-0.15, -0.1) is 0 Å². The SMILES string of the molecule is C[C@]12CC(=O)OC(O)C[C@@H]1C(=O)OC2=O. The number of aliphatic hydroxyl groups excluding tert-OH is 1. The number of aliphatic hydroxyl groups is 1. The molecule has 0 aromatic rings. The Morgan fingerprint density at radius 2 is 2.07 bits per heavy atom. The van der Waals surface area contributed by atoms with E-state index in [2.05, 4.69) is 9.47 Å². The zero-order valence-electron chi connectivity index (χ0n) is 8.06. The maximum absolute atomic E-state index is 11.4. The molecule has 6 nitrogen and oxygen atoms in total. The number of rotatable bonds is 0. The topological polar surface area (TPSA) is 89.9 Å². The minimum atomic E-state index is -1.34. The van der Waals surface area contributed by atoms with Crippen LogP contribution in [0.15, 0.2) is 0 Å². The lowest BCUT2D eigenvalue weighted by molar-refractivity contribution is -0.171. The first-order chi connectivity index (χ1) is 6.93. The zero-order valence-corrected chi connectivity index (χ0v) is 8.06. The van der Waals surface area contributed by atoms with Gasteiger partial charge in [0.1, 0.15) is 0 Å². The second-order valence-electron chi connectivity index (χ2n) is 4.04. The minimum Gasteiger partial charge on any atom is -0.436 e. The first kappa shape index (κ1) is 10.1. The molecule has 0 bridgehead atoms. The fourth-order valence-electron chi connectivity index (χ4n) is 1.98. The molecular formula is C9H10O6. The molecule has 82 valence electrons. The Bertz CT molecular complexity index is 349. The monoisotopic (exact) mass is 214 g/mol. The molecule has 15 heavy (non-hydrogen) atoms. The highest BCUT2D eigenvalue weighted by atomic mass is 16.6. The van der Waals surface area contributed by atoms with Gasteiger partial charge in [-0.2, -0.15) is 0 Å². The summed E-state index contributed by atoms with van der Waals surface area (Å²) in [6.45, 7) is 1.48. The van der Waals surface area contributed by atoms with Gasteiger partial charge in [-0.25, -0.2) is 0 Å². The van der Waals surface area contributed by atoms with Crippen LogP contribution in [0.3, 0.4) is 0 Å². The molecule has 0 saturated carbocycles. The molecule has 0 amide bonds. The minimum absolute atomic E-state index is 0.0905. The molecule has 0 aliphatic carbocycles. The standard InChI is InChI=1S/C9H10O6/c1-9-3-6(11)14-5(10)2-4(9)7(12)15-8(9)13/h4-5,10H,2-3H2,1H3/t4-,5?,9+/m1/s1. The van der Waals surface area contributed by atoms with Crippen LogP contribution >= 0.6 is 0 Å². The maximum atomic E-state index is 11.4. The molecule has 1 unspecified atom stereocenters. The molecule has 2 aliphatic heterocycles. The Hall–Kier alpha value is -1.43. The predicted octanol–water partition coefficient (Wildman–Crippen LogP) is -0.652. The van der Waals surface area contributed by atoms with E-state index in [9.17, 15) is 19.5 Å². The van der Waals surface area contributed by atoms with Crippen LogP contribution in [0.2, 0.25) is 0 Å². The highest BCUT2D eigenvalue weighted by molar-refractivity contribution is 6.01. The quantitative estimate of drug-likeness (QED) is 0.425. The molecule has 2 rings (SSSR count). The van der Waals surface area contributed by atoms with Gasteiger partial charge < -0.3 is 14.6 Å². The third-order valence-corrected chi connectivity index (χ3v) is 2.93. The van der Waals surface area contributed by atoms with Gasteiger partial charge in [0.25, 0.3) is 0 Å². The van der Waals surface area contributed by atoms with Gasteiger partial charge in [0.15, 0.2) is 0 Å². The largest absolute Gasteiger partial charge is 0.436 e. The molecule has 6 heteroatoms. The number of esters is 3. The summed E-state index contributed by atoms with van der Waals surface area (Å²) in [5, 5.41) is 9.26. The fraction of sp³-hybridized carbons (Fsp3) is 0.667. The third kappa shape index (κ3) is 1.41. The first-order valence-corrected chi connectivity index (χ1v) is 4.57. The Balaban J connectivity index is 2.38. The summed E-state index contributed by atoms with van der Waals surface area (Å²) in [4.78, 5) is 33.9. The summed E-state index contributed by atoms with van der Waals surface area (Å²) < 4.78 is 9.03. The third-order valence-electron chi connectivity index (χ3n) is 2.93. The van der Waals surface area contributed by atoms with Crippen molar-refractivity contribution in [1.29, 1.82) is 0 Å². The molecule has 2 aliphatic rings. The number of fused-ring (bicyclic) bond motifs is 1. The predicted molar refractivity (Wildman–Crippen MR) is 44.0 cm³/mol. The average Bonchev–Trinajstić information content (AvgIpc) is 2.28. The molecule has 2 heterocycles. The van der Waals surface area contributed by atoms with Crippen molar-refractivity contribution < 1.29 is 29.0 Å². The molecule has 2 fully saturated rings. The van der Waals surface area contributed by atoms with E-state index in [0.717, 1.165) is 0 Å². The summed E-state index contributed by atoms with van der Waals surface area (Å²) in [6.07, 6.45) is -1.67. The molecule has 2 saturated heterocycles. The van der Waals surface area contributed by atoms with Crippen LogP contribution < -0.4 is 0 Å². The summed E-state index contributed by atoms with van der Waals surface area (Å²) in [5.41, 5.74) is -1.19. The van der Waals surface area contributed by atoms with E-state index < -0.39 is 35.5 Å². The normalized spacial score (nSPS) is 40.5. The number of ether oxygens (including phenoxy) is 2. The Kier molecular flexibility index (Phi) is 2.04. The molecule has 3 atom stereocenters. The fourth-order valence-corrected chi connectivity index (χ4v) is 1.98. The van der Waals surface area contributed by atoms with E-state index >= 15 is 0 Å². The van der Waals surface area contributed by atoms with E-state index in [1.54, 1.807) is 0 Å². The molecule has 0 spiro atoms. The van der Waals surface area contributed by atoms with Crippen molar-refractivity contribution in [2.45, 2.75) is 26.1 Å². The van der Waals surface area contributed by atoms with E-state index in [-0.39, 0.29) is 12.8 Å². The van der Waals surface area contributed by atoms with Crippen LogP contribution in [0.5, 0.6) is 0 Å². The highest BCUT2D eigenvalue weighted by Gasteiger charge is 2.57. The van der Waals surface area contributed by atoms with E-state index in [0.29, 0.717) is 0 Å². The van der Waals surface area contributed by atoms with Gasteiger partial charge in [0.2, 0.25) is 6.29 Å². The van der Waals surface area contributed by atoms with Crippen molar-refractivity contribution in [3.63, 3.8) is 0 Å². The second-order valence-corrected chi connectivity index (χ2v) is 4.04. The van der Waals surface area contributed by atoms with Gasteiger partial charge >= 0.3 is 17.9 Å². The van der Waals surface area contributed by atoms with Gasteiger partial charge in [0, 0.05) is 6.42 Å². The Labute approximate surface area is 85.2 Å². The van der Waals surface area contributed by atoms with Crippen LogP contribution in [0.4, 0.5) is 0 Å². The molecule has 0 aromatic carbocycles. The lowest BCUT2D eigenvalue weighted by Crippen LogP contribution is -2.32. The zero-order chi connectivity index (χ0) is 11.2. The van der Waals surface area contributed by atoms with Crippen LogP contribution in [0.1, 0.15) is 19.8 Å². The molecular weight excluding hydrogens is 204 g/mol. The molecule has 0 radical (unpaired) electrons. The first-order valence-electron chi connectivity index (χ1n) is 4.57. The number of hydrogen-bond acceptors (Lipinski definition) is 6. The number of hydrogen-bond donors (Lipinski definition) is 1. The molecule has 0 aromatic heterocycles. The molecule has 1 N–H and O–H groups in total. The van der Waals surface area contributed by atoms with Crippen LogP contribution in [-0.4, -0.2) is 29.3 Å². The summed E-state index contributed by atoms with van der Waals surface area (Å²) >= 11 is 0. The smallest absolute Gasteiger partial charge is 0.320 e. The number of carbonyl (C=O) groups is 3. The van der Waals surface area contributed by atoms with Crippen molar-refractivity contribution in [2.24, 2.45) is 11.3 Å². The van der Waals surface area contributed by atoms with Gasteiger partial charge in [-0.3, -0.25) is 14.4 Å². The average molecular weight is 214 g/mol. The van der Waals surface area contributed by atoms with Crippen molar-refractivity contribution >= 4 is 17.9 Å². The lowest BCUT2D eigenvalue weighted by atomic mass is 9.75. The summed E-state index contributed by atoms with van der Waals surface area (Å²) in [5.74, 6) is -2.91. The van der Waals surface area contributed by atoms with Crippen molar-refractivity contribution in [2.75, 3.05) is 0 Å². The van der Waals surface area contributed by atoms with Crippen LogP contribution in [0.25, 0.3) is 0 Å². The van der Waals surface area contributed by atoms with Crippen molar-refractivity contribution in [1.82, 2.24) is 0 Å². The van der Waals surface area contributed by atoms with Gasteiger partial charge in [0.05, 0.1) is 17.8 Å². The highest BCUT2D eigenvalue weighted by Crippen LogP contribution is 2.44. The van der Waals surface area contributed by atoms with Gasteiger partial charge in [-0.05, 0) is 6.92 Å². The van der Waals surface area contributed by atoms with Crippen LogP contribution in [0, 0.1) is 11.3 Å². The van der Waals surface area contributed by atoms with E-state index in [1.807, 2.05) is 0 Å². The van der Waals surface area contributed by atoms with Crippen molar-refractivity contribution in [3.8, 4) is 0 Å². The number of cyclic esters (lactones) is 3. The van der Waals surface area contributed by atoms with E-state index in [1.165, 1.54) is 6.92 Å². The lowest BCUT2D eigenvalue weighted by Gasteiger charge is -2.19. The number of carbonyl (C=O) groups excluding carboxylic acids is 3.